The number of likely N-dealkylation sites (tertiary alicyclic amines) is 1. The molecule has 0 bridgehead atoms. The van der Waals surface area contributed by atoms with Crippen LogP contribution in [0.1, 0.15) is 34.1 Å². The van der Waals surface area contributed by atoms with Crippen LogP contribution < -0.4 is 9.47 Å². The zero-order valence-corrected chi connectivity index (χ0v) is 16.2. The van der Waals surface area contributed by atoms with Gasteiger partial charge in [0, 0.05) is 6.54 Å². The van der Waals surface area contributed by atoms with E-state index in [4.69, 9.17) is 9.47 Å². The van der Waals surface area contributed by atoms with Crippen LogP contribution in [0.4, 0.5) is 0 Å². The van der Waals surface area contributed by atoms with E-state index in [9.17, 15) is 4.79 Å². The average Bonchev–Trinajstić information content (AvgIpc) is 3.48. The molecule has 0 aliphatic carbocycles. The molecule has 0 N–H and O–H groups in total. The lowest BCUT2D eigenvalue weighted by Crippen LogP contribution is -2.30. The van der Waals surface area contributed by atoms with Gasteiger partial charge in [-0.1, -0.05) is 12.1 Å². The lowest BCUT2D eigenvalue weighted by molar-refractivity contribution is 0.0740. The second kappa shape index (κ2) is 6.98. The predicted molar refractivity (Wildman–Crippen MR) is 106 cm³/mol. The number of thiophene rings is 1. The molecule has 2 aliphatic heterocycles. The van der Waals surface area contributed by atoms with Crippen molar-refractivity contribution in [2.24, 2.45) is 0 Å². The van der Waals surface area contributed by atoms with Gasteiger partial charge in [0.25, 0.3) is 5.91 Å². The summed E-state index contributed by atoms with van der Waals surface area (Å²) in [5.74, 6) is 1.62. The molecule has 1 unspecified atom stereocenters. The summed E-state index contributed by atoms with van der Waals surface area (Å²) in [4.78, 5) is 21.4. The summed E-state index contributed by atoms with van der Waals surface area (Å²) in [6, 6.07) is 10.1. The van der Waals surface area contributed by atoms with Gasteiger partial charge in [0.15, 0.2) is 11.5 Å². The van der Waals surface area contributed by atoms with Crippen LogP contribution in [0.25, 0.3) is 9.88 Å². The van der Waals surface area contributed by atoms with Gasteiger partial charge in [0.2, 0.25) is 0 Å². The van der Waals surface area contributed by atoms with Gasteiger partial charge in [0.05, 0.1) is 17.1 Å². The molecule has 5 rings (SSSR count). The zero-order chi connectivity index (χ0) is 18.2. The summed E-state index contributed by atoms with van der Waals surface area (Å²) in [6.07, 6.45) is 3.67. The van der Waals surface area contributed by atoms with Crippen molar-refractivity contribution in [3.63, 3.8) is 0 Å². The maximum Gasteiger partial charge on any atom is 0.266 e. The normalized spacial score (nSPS) is 18.7. The number of fused-ring (bicyclic) bond motifs is 1. The molecule has 1 fully saturated rings. The van der Waals surface area contributed by atoms with E-state index >= 15 is 0 Å². The fourth-order valence-electron chi connectivity index (χ4n) is 3.65. The highest BCUT2D eigenvalue weighted by molar-refractivity contribution is 7.21. The van der Waals surface area contributed by atoms with Crippen molar-refractivity contribution in [2.75, 3.05) is 19.8 Å². The van der Waals surface area contributed by atoms with E-state index in [0.717, 1.165) is 46.3 Å². The minimum Gasteiger partial charge on any atom is -0.486 e. The van der Waals surface area contributed by atoms with E-state index in [-0.39, 0.29) is 11.9 Å². The first-order valence-corrected chi connectivity index (χ1v) is 10.7. The second-order valence-corrected chi connectivity index (χ2v) is 8.54. The Kier molecular flexibility index (Phi) is 4.33. The van der Waals surface area contributed by atoms with Gasteiger partial charge in [-0.2, -0.15) is 0 Å². The third kappa shape index (κ3) is 3.11. The van der Waals surface area contributed by atoms with Gasteiger partial charge in [-0.05, 0) is 42.0 Å². The minimum absolute atomic E-state index is 0.0627. The molecule has 0 spiro atoms. The molecule has 1 aromatic carbocycles. The quantitative estimate of drug-likeness (QED) is 0.646. The maximum atomic E-state index is 13.1. The topological polar surface area (TPSA) is 51.7 Å². The molecular weight excluding hydrogens is 380 g/mol. The molecule has 27 heavy (non-hydrogen) atoms. The average molecular weight is 399 g/mol. The molecule has 0 saturated carbocycles. The molecular formula is C20H18N2O3S2. The lowest BCUT2D eigenvalue weighted by Gasteiger charge is -2.26. The molecule has 7 heteroatoms. The highest BCUT2D eigenvalue weighted by Gasteiger charge is 2.32. The van der Waals surface area contributed by atoms with Crippen LogP contribution >= 0.6 is 22.7 Å². The Hall–Kier alpha value is -2.38. The number of hydrogen-bond donors (Lipinski definition) is 0. The predicted octanol–water partition coefficient (Wildman–Crippen LogP) is 4.62. The summed E-state index contributed by atoms with van der Waals surface area (Å²) in [6.45, 7) is 1.92. The molecule has 138 valence electrons. The minimum atomic E-state index is 0.0627. The molecule has 1 amide bonds. The fourth-order valence-corrected chi connectivity index (χ4v) is 5.33. The van der Waals surface area contributed by atoms with E-state index in [1.807, 2.05) is 40.6 Å². The number of ether oxygens (including phenoxy) is 2. The van der Waals surface area contributed by atoms with E-state index in [2.05, 4.69) is 4.98 Å². The molecule has 3 aromatic rings. The number of hydrogen-bond acceptors (Lipinski definition) is 6. The number of nitrogens with zero attached hydrogens (tertiary/aromatic N) is 2. The number of aromatic nitrogens is 1. The first-order chi connectivity index (χ1) is 13.3. The Morgan fingerprint density at radius 1 is 1.19 bits per heavy atom. The number of amides is 1. The van der Waals surface area contributed by atoms with Crippen molar-refractivity contribution in [2.45, 2.75) is 18.9 Å². The molecule has 2 aliphatic rings. The zero-order valence-electron chi connectivity index (χ0n) is 14.6. The van der Waals surface area contributed by atoms with Crippen LogP contribution in [-0.4, -0.2) is 35.5 Å². The molecule has 0 radical (unpaired) electrons. The fraction of sp³-hybridized carbons (Fsp3) is 0.300. The molecule has 2 aromatic heterocycles. The van der Waals surface area contributed by atoms with Gasteiger partial charge in [-0.25, -0.2) is 4.98 Å². The highest BCUT2D eigenvalue weighted by atomic mass is 32.1. The summed E-state index contributed by atoms with van der Waals surface area (Å²) in [7, 11) is 0. The van der Waals surface area contributed by atoms with E-state index in [1.165, 1.54) is 11.3 Å². The Labute approximate surface area is 165 Å². The second-order valence-electron chi connectivity index (χ2n) is 6.57. The van der Waals surface area contributed by atoms with Crippen LogP contribution in [0.15, 0.2) is 41.9 Å². The number of thiazole rings is 1. The SMILES string of the molecule is O=C(c1cnc(-c2cccs2)s1)N1CCCC1c1ccc2c(c1)OCCO2. The largest absolute Gasteiger partial charge is 0.486 e. The van der Waals surface area contributed by atoms with Crippen molar-refractivity contribution in [3.05, 3.63) is 52.3 Å². The van der Waals surface area contributed by atoms with Crippen molar-refractivity contribution >= 4 is 28.6 Å². The third-order valence-corrected chi connectivity index (χ3v) is 6.94. The van der Waals surface area contributed by atoms with E-state index in [1.54, 1.807) is 17.5 Å². The van der Waals surface area contributed by atoms with Gasteiger partial charge < -0.3 is 14.4 Å². The van der Waals surface area contributed by atoms with Crippen molar-refractivity contribution in [1.29, 1.82) is 0 Å². The van der Waals surface area contributed by atoms with Gasteiger partial charge in [-0.15, -0.1) is 22.7 Å². The number of rotatable bonds is 3. The number of carbonyl (C=O) groups excluding carboxylic acids is 1. The number of benzene rings is 1. The van der Waals surface area contributed by atoms with Crippen LogP contribution in [0.5, 0.6) is 11.5 Å². The first-order valence-electron chi connectivity index (χ1n) is 9.00. The summed E-state index contributed by atoms with van der Waals surface area (Å²) in [5.41, 5.74) is 1.10. The van der Waals surface area contributed by atoms with Gasteiger partial charge >= 0.3 is 0 Å². The standard InChI is InChI=1S/C20H18N2O3S2/c23-20(18-12-21-19(27-18)17-4-2-10-26-17)22-7-1-3-14(22)13-5-6-15-16(11-13)25-9-8-24-15/h2,4-6,10-12,14H,1,3,7-9H2. The monoisotopic (exact) mass is 398 g/mol. The summed E-state index contributed by atoms with van der Waals surface area (Å²) < 4.78 is 11.3. The van der Waals surface area contributed by atoms with Crippen LogP contribution in [0.2, 0.25) is 0 Å². The molecule has 4 heterocycles. The van der Waals surface area contributed by atoms with E-state index in [0.29, 0.717) is 18.1 Å². The van der Waals surface area contributed by atoms with Crippen molar-refractivity contribution < 1.29 is 14.3 Å². The van der Waals surface area contributed by atoms with E-state index < -0.39 is 0 Å². The smallest absolute Gasteiger partial charge is 0.266 e. The first kappa shape index (κ1) is 16.8. The van der Waals surface area contributed by atoms with Gasteiger partial charge in [-0.3, -0.25) is 4.79 Å². The summed E-state index contributed by atoms with van der Waals surface area (Å²) >= 11 is 3.11. The number of carbonyl (C=O) groups is 1. The molecule has 5 nitrogen and oxygen atoms in total. The van der Waals surface area contributed by atoms with Crippen LogP contribution in [-0.2, 0) is 0 Å². The highest BCUT2D eigenvalue weighted by Crippen LogP contribution is 2.39. The molecule has 1 saturated heterocycles. The Morgan fingerprint density at radius 2 is 2.07 bits per heavy atom. The Bertz CT molecular complexity index is 968. The lowest BCUT2D eigenvalue weighted by atomic mass is 10.0. The Morgan fingerprint density at radius 3 is 2.93 bits per heavy atom. The Balaban J connectivity index is 1.40. The van der Waals surface area contributed by atoms with Gasteiger partial charge in [0.1, 0.15) is 23.1 Å². The summed E-state index contributed by atoms with van der Waals surface area (Å²) in [5, 5.41) is 2.93. The third-order valence-electron chi connectivity index (χ3n) is 4.91. The van der Waals surface area contributed by atoms with Crippen molar-refractivity contribution in [1.82, 2.24) is 9.88 Å². The van der Waals surface area contributed by atoms with Crippen LogP contribution in [0.3, 0.4) is 0 Å². The maximum absolute atomic E-state index is 13.1. The van der Waals surface area contributed by atoms with Crippen LogP contribution in [0, 0.1) is 0 Å². The van der Waals surface area contributed by atoms with Crippen molar-refractivity contribution in [3.8, 4) is 21.4 Å². The molecule has 1 atom stereocenters.